The molecule has 0 radical (unpaired) electrons. The molecule has 16 heavy (non-hydrogen) atoms. The minimum Gasteiger partial charge on any atom is -0.354 e. The molecule has 3 nitrogen and oxygen atoms in total. The zero-order valence-electron chi connectivity index (χ0n) is 9.53. The summed E-state index contributed by atoms with van der Waals surface area (Å²) in [5, 5.41) is 3.40. The van der Waals surface area contributed by atoms with Crippen molar-refractivity contribution in [3.05, 3.63) is 34.9 Å². The Labute approximate surface area is 101 Å². The molecule has 1 aromatic carbocycles. The van der Waals surface area contributed by atoms with E-state index in [9.17, 15) is 4.79 Å². The van der Waals surface area contributed by atoms with E-state index in [1.165, 1.54) is 0 Å². The highest BCUT2D eigenvalue weighted by atomic mass is 35.5. The largest absolute Gasteiger partial charge is 0.354 e. The third-order valence-electron chi connectivity index (χ3n) is 2.16. The highest BCUT2D eigenvalue weighted by molar-refractivity contribution is 6.31. The summed E-state index contributed by atoms with van der Waals surface area (Å²) in [7, 11) is 0. The molecule has 1 aromatic rings. The molecular formula is C12H17ClN2O. The SMILES string of the molecule is CC(C)NC(=O)CC(N)c1ccccc1Cl. The zero-order valence-corrected chi connectivity index (χ0v) is 10.3. The molecule has 0 aliphatic heterocycles. The van der Waals surface area contributed by atoms with Crippen LogP contribution in [-0.4, -0.2) is 11.9 Å². The van der Waals surface area contributed by atoms with Gasteiger partial charge in [0.25, 0.3) is 0 Å². The van der Waals surface area contributed by atoms with E-state index in [0.29, 0.717) is 5.02 Å². The van der Waals surface area contributed by atoms with E-state index in [0.717, 1.165) is 5.56 Å². The van der Waals surface area contributed by atoms with Gasteiger partial charge in [-0.05, 0) is 25.5 Å². The number of halogens is 1. The van der Waals surface area contributed by atoms with Gasteiger partial charge in [-0.3, -0.25) is 4.79 Å². The molecule has 0 aromatic heterocycles. The van der Waals surface area contributed by atoms with Gasteiger partial charge in [0.15, 0.2) is 0 Å². The van der Waals surface area contributed by atoms with Crippen molar-refractivity contribution in [3.63, 3.8) is 0 Å². The molecule has 0 saturated carbocycles. The number of nitrogens with two attached hydrogens (primary N) is 1. The van der Waals surface area contributed by atoms with E-state index < -0.39 is 0 Å². The molecule has 1 atom stereocenters. The van der Waals surface area contributed by atoms with Gasteiger partial charge in [0.05, 0.1) is 0 Å². The molecule has 0 fully saturated rings. The van der Waals surface area contributed by atoms with E-state index in [1.807, 2.05) is 32.0 Å². The van der Waals surface area contributed by atoms with Gasteiger partial charge in [-0.2, -0.15) is 0 Å². The van der Waals surface area contributed by atoms with Crippen molar-refractivity contribution < 1.29 is 4.79 Å². The zero-order chi connectivity index (χ0) is 12.1. The van der Waals surface area contributed by atoms with E-state index >= 15 is 0 Å². The van der Waals surface area contributed by atoms with Crippen LogP contribution in [0.1, 0.15) is 31.9 Å². The summed E-state index contributed by atoms with van der Waals surface area (Å²) in [5.74, 6) is -0.0533. The lowest BCUT2D eigenvalue weighted by Gasteiger charge is -2.14. The predicted octanol–water partition coefficient (Wildman–Crippen LogP) is 2.25. The Morgan fingerprint density at radius 3 is 2.62 bits per heavy atom. The van der Waals surface area contributed by atoms with Crippen LogP contribution in [0.5, 0.6) is 0 Å². The predicted molar refractivity (Wildman–Crippen MR) is 66.3 cm³/mol. The standard InChI is InChI=1S/C12H17ClN2O/c1-8(2)15-12(16)7-11(14)9-5-3-4-6-10(9)13/h3-6,8,11H,7,14H2,1-2H3,(H,15,16). The van der Waals surface area contributed by atoms with E-state index in [4.69, 9.17) is 17.3 Å². The molecule has 0 bridgehead atoms. The fraction of sp³-hybridized carbons (Fsp3) is 0.417. The summed E-state index contributed by atoms with van der Waals surface area (Å²) in [4.78, 5) is 11.5. The second-order valence-electron chi connectivity index (χ2n) is 4.05. The Balaban J connectivity index is 2.62. The minimum absolute atomic E-state index is 0.0533. The van der Waals surface area contributed by atoms with Gasteiger partial charge in [0.2, 0.25) is 5.91 Å². The van der Waals surface area contributed by atoms with Gasteiger partial charge in [-0.25, -0.2) is 0 Å². The van der Waals surface area contributed by atoms with Gasteiger partial charge >= 0.3 is 0 Å². The molecule has 0 aliphatic carbocycles. The first-order valence-electron chi connectivity index (χ1n) is 5.30. The number of hydrogen-bond donors (Lipinski definition) is 2. The number of rotatable bonds is 4. The quantitative estimate of drug-likeness (QED) is 0.848. The van der Waals surface area contributed by atoms with Crippen molar-refractivity contribution in [1.29, 1.82) is 0 Å². The topological polar surface area (TPSA) is 55.1 Å². The number of nitrogens with one attached hydrogen (secondary N) is 1. The fourth-order valence-corrected chi connectivity index (χ4v) is 1.74. The van der Waals surface area contributed by atoms with Crippen molar-refractivity contribution in [1.82, 2.24) is 5.32 Å². The molecule has 1 rings (SSSR count). The van der Waals surface area contributed by atoms with Gasteiger partial charge in [-0.15, -0.1) is 0 Å². The lowest BCUT2D eigenvalue weighted by molar-refractivity contribution is -0.121. The summed E-state index contributed by atoms with van der Waals surface area (Å²) in [6.07, 6.45) is 0.252. The van der Waals surface area contributed by atoms with Crippen LogP contribution < -0.4 is 11.1 Å². The van der Waals surface area contributed by atoms with Crippen molar-refractivity contribution >= 4 is 17.5 Å². The summed E-state index contributed by atoms with van der Waals surface area (Å²) in [6, 6.07) is 7.10. The lowest BCUT2D eigenvalue weighted by Crippen LogP contribution is -2.32. The molecule has 88 valence electrons. The van der Waals surface area contributed by atoms with Gasteiger partial charge in [0, 0.05) is 23.5 Å². The average Bonchev–Trinajstić information content (AvgIpc) is 2.16. The molecule has 3 N–H and O–H groups in total. The third-order valence-corrected chi connectivity index (χ3v) is 2.50. The van der Waals surface area contributed by atoms with E-state index in [-0.39, 0.29) is 24.4 Å². The second-order valence-corrected chi connectivity index (χ2v) is 4.46. The lowest BCUT2D eigenvalue weighted by atomic mass is 10.0. The normalized spacial score (nSPS) is 12.6. The maximum absolute atomic E-state index is 11.5. The minimum atomic E-state index is -0.354. The second kappa shape index (κ2) is 5.87. The molecule has 1 amide bonds. The van der Waals surface area contributed by atoms with Crippen molar-refractivity contribution in [2.75, 3.05) is 0 Å². The van der Waals surface area contributed by atoms with Crippen LogP contribution in [0.3, 0.4) is 0 Å². The Hall–Kier alpha value is -1.06. The van der Waals surface area contributed by atoms with Crippen LogP contribution in [0.15, 0.2) is 24.3 Å². The maximum atomic E-state index is 11.5. The molecule has 0 aliphatic rings. The number of hydrogen-bond acceptors (Lipinski definition) is 2. The van der Waals surface area contributed by atoms with Crippen LogP contribution in [0, 0.1) is 0 Å². The Bertz CT molecular complexity index is 366. The number of benzene rings is 1. The van der Waals surface area contributed by atoms with Crippen molar-refractivity contribution in [3.8, 4) is 0 Å². The smallest absolute Gasteiger partial charge is 0.222 e. The van der Waals surface area contributed by atoms with Crippen LogP contribution in [-0.2, 0) is 4.79 Å². The fourth-order valence-electron chi connectivity index (χ4n) is 1.47. The molecule has 0 spiro atoms. The van der Waals surface area contributed by atoms with Crippen LogP contribution in [0.25, 0.3) is 0 Å². The Morgan fingerprint density at radius 2 is 2.06 bits per heavy atom. The molecule has 0 saturated heterocycles. The Kier molecular flexibility index (Phi) is 4.77. The average molecular weight is 241 g/mol. The summed E-state index contributed by atoms with van der Waals surface area (Å²) in [6.45, 7) is 3.83. The van der Waals surface area contributed by atoms with Crippen LogP contribution >= 0.6 is 11.6 Å². The third kappa shape index (κ3) is 3.83. The van der Waals surface area contributed by atoms with Gasteiger partial charge in [-0.1, -0.05) is 29.8 Å². The number of amides is 1. The van der Waals surface area contributed by atoms with E-state index in [1.54, 1.807) is 6.07 Å². The molecular weight excluding hydrogens is 224 g/mol. The number of carbonyl (C=O) groups is 1. The summed E-state index contributed by atoms with van der Waals surface area (Å²) < 4.78 is 0. The number of carbonyl (C=O) groups excluding carboxylic acids is 1. The maximum Gasteiger partial charge on any atom is 0.222 e. The monoisotopic (exact) mass is 240 g/mol. The van der Waals surface area contributed by atoms with Crippen LogP contribution in [0.2, 0.25) is 5.02 Å². The van der Waals surface area contributed by atoms with Gasteiger partial charge < -0.3 is 11.1 Å². The van der Waals surface area contributed by atoms with E-state index in [2.05, 4.69) is 5.32 Å². The highest BCUT2D eigenvalue weighted by Crippen LogP contribution is 2.22. The van der Waals surface area contributed by atoms with Gasteiger partial charge in [0.1, 0.15) is 0 Å². The molecule has 4 heteroatoms. The summed E-state index contributed by atoms with van der Waals surface area (Å²) in [5.41, 5.74) is 6.74. The molecule has 1 unspecified atom stereocenters. The van der Waals surface area contributed by atoms with Crippen molar-refractivity contribution in [2.45, 2.75) is 32.4 Å². The first-order valence-corrected chi connectivity index (χ1v) is 5.68. The first kappa shape index (κ1) is 13.0. The highest BCUT2D eigenvalue weighted by Gasteiger charge is 2.14. The Morgan fingerprint density at radius 1 is 1.44 bits per heavy atom. The molecule has 0 heterocycles. The summed E-state index contributed by atoms with van der Waals surface area (Å²) >= 11 is 6.00. The van der Waals surface area contributed by atoms with Crippen LogP contribution in [0.4, 0.5) is 0 Å². The first-order chi connectivity index (χ1) is 7.50. The van der Waals surface area contributed by atoms with Crippen molar-refractivity contribution in [2.24, 2.45) is 5.73 Å².